The second kappa shape index (κ2) is 23.0. The van der Waals surface area contributed by atoms with Gasteiger partial charge in [0.1, 0.15) is 12.3 Å². The summed E-state index contributed by atoms with van der Waals surface area (Å²) in [5.41, 5.74) is 2.92. The number of thiocarbonyl (C=S) groups is 1. The van der Waals surface area contributed by atoms with Gasteiger partial charge in [-0.2, -0.15) is 18.4 Å². The Morgan fingerprint density at radius 1 is 0.941 bits per heavy atom. The molecule has 2 fully saturated rings. The Morgan fingerprint density at radius 2 is 1.60 bits per heavy atom. The molecule has 362 valence electrons. The van der Waals surface area contributed by atoms with Crippen LogP contribution in [-0.2, 0) is 36.6 Å². The minimum Gasteiger partial charge on any atom is -0.494 e. The third-order valence-corrected chi connectivity index (χ3v) is 13.4. The van der Waals surface area contributed by atoms with Gasteiger partial charge >= 0.3 is 6.18 Å². The first-order valence-corrected chi connectivity index (χ1v) is 24.0. The first-order valence-electron chi connectivity index (χ1n) is 22.7. The van der Waals surface area contributed by atoms with Crippen molar-refractivity contribution in [2.24, 2.45) is 17.3 Å². The molecule has 0 radical (unpaired) electrons. The molecule has 1 saturated heterocycles. The molecule has 3 amide bonds. The predicted molar refractivity (Wildman–Crippen MR) is 257 cm³/mol. The number of anilines is 2. The van der Waals surface area contributed by atoms with E-state index in [2.05, 4.69) is 15.6 Å². The summed E-state index contributed by atoms with van der Waals surface area (Å²) in [6, 6.07) is 18.5. The number of rotatable bonds is 21. The number of halogens is 3. The molecule has 4 atom stereocenters. The molecule has 18 heteroatoms. The van der Waals surface area contributed by atoms with Crippen LogP contribution in [0.1, 0.15) is 94.5 Å². The fourth-order valence-electron chi connectivity index (χ4n) is 8.40. The number of nitrogens with zero attached hydrogens (tertiary/aromatic N) is 4. The zero-order valence-electron chi connectivity index (χ0n) is 38.6. The second-order valence-corrected chi connectivity index (χ2v) is 19.4. The van der Waals surface area contributed by atoms with Crippen LogP contribution in [0.3, 0.4) is 0 Å². The molecule has 6 rings (SSSR count). The number of hydrogen-bond donors (Lipinski definition) is 3. The molecular formula is C50H57F3N6O7S2. The van der Waals surface area contributed by atoms with Gasteiger partial charge in [0.2, 0.25) is 11.8 Å². The van der Waals surface area contributed by atoms with E-state index in [9.17, 15) is 37.5 Å². The molecular weight excluding hydrogens is 918 g/mol. The van der Waals surface area contributed by atoms with Gasteiger partial charge in [0.25, 0.3) is 5.91 Å². The van der Waals surface area contributed by atoms with Crippen LogP contribution in [0.4, 0.5) is 24.5 Å². The number of ketones is 1. The summed E-state index contributed by atoms with van der Waals surface area (Å²) in [6.07, 6.45) is -1.34. The highest BCUT2D eigenvalue weighted by molar-refractivity contribution is 7.81. The molecule has 2 heterocycles. The van der Waals surface area contributed by atoms with Crippen LogP contribution in [0.15, 0.2) is 72.2 Å². The summed E-state index contributed by atoms with van der Waals surface area (Å²) in [4.78, 5) is 61.4. The summed E-state index contributed by atoms with van der Waals surface area (Å²) in [5.74, 6) is -2.12. The number of benzene rings is 3. The van der Waals surface area contributed by atoms with E-state index in [0.717, 1.165) is 58.0 Å². The molecule has 1 aliphatic heterocycles. The van der Waals surface area contributed by atoms with Gasteiger partial charge in [-0.25, -0.2) is 4.98 Å². The van der Waals surface area contributed by atoms with Crippen molar-refractivity contribution in [3.8, 4) is 22.3 Å². The van der Waals surface area contributed by atoms with E-state index in [1.807, 2.05) is 57.5 Å². The van der Waals surface area contributed by atoms with E-state index >= 15 is 0 Å². The Morgan fingerprint density at radius 3 is 2.25 bits per heavy atom. The molecule has 0 spiro atoms. The van der Waals surface area contributed by atoms with Gasteiger partial charge in [-0.3, -0.25) is 24.1 Å². The summed E-state index contributed by atoms with van der Waals surface area (Å²) >= 11 is 7.05. The quantitative estimate of drug-likeness (QED) is 0.0539. The number of carbonyl (C=O) groups excluding carboxylic acids is 4. The minimum absolute atomic E-state index is 0.0183. The molecule has 1 aliphatic carbocycles. The van der Waals surface area contributed by atoms with Gasteiger partial charge in [0.15, 0.2) is 10.9 Å². The van der Waals surface area contributed by atoms with Crippen LogP contribution in [0, 0.1) is 35.5 Å². The Balaban J connectivity index is 0.848. The van der Waals surface area contributed by atoms with E-state index in [1.54, 1.807) is 35.6 Å². The maximum absolute atomic E-state index is 14.0. The van der Waals surface area contributed by atoms with E-state index in [1.165, 1.54) is 17.0 Å². The predicted octanol–water partition coefficient (Wildman–Crippen LogP) is 8.69. The van der Waals surface area contributed by atoms with E-state index in [-0.39, 0.29) is 60.7 Å². The number of nitrogens with one attached hydrogen (secondary N) is 2. The number of hydrogen-bond acceptors (Lipinski definition) is 11. The van der Waals surface area contributed by atoms with Crippen molar-refractivity contribution in [3.63, 3.8) is 0 Å². The Hall–Kier alpha value is -5.74. The molecule has 1 aromatic heterocycles. The number of amides is 3. The fraction of sp³-hybridized carbons (Fsp3) is 0.460. The highest BCUT2D eigenvalue weighted by atomic mass is 32.1. The maximum atomic E-state index is 14.0. The van der Waals surface area contributed by atoms with Crippen LogP contribution in [0.5, 0.6) is 5.75 Å². The van der Waals surface area contributed by atoms with Crippen molar-refractivity contribution in [1.82, 2.24) is 15.6 Å². The molecule has 3 aromatic carbocycles. The third kappa shape index (κ3) is 13.3. The largest absolute Gasteiger partial charge is 0.494 e. The first-order chi connectivity index (χ1) is 32.3. The first kappa shape index (κ1) is 51.6. The number of nitriles is 1. The van der Waals surface area contributed by atoms with Crippen molar-refractivity contribution in [1.29, 1.82) is 5.26 Å². The number of thiazole rings is 1. The topological polar surface area (TPSA) is 174 Å². The summed E-state index contributed by atoms with van der Waals surface area (Å²) in [5, 5.41) is 25.6. The summed E-state index contributed by atoms with van der Waals surface area (Å²) < 4.78 is 52.3. The van der Waals surface area contributed by atoms with Crippen LogP contribution in [-0.4, -0.2) is 77.2 Å². The van der Waals surface area contributed by atoms with Crippen molar-refractivity contribution < 1.29 is 46.9 Å². The smallest absolute Gasteiger partial charge is 0.417 e. The number of aromatic nitrogens is 1. The fourth-order valence-corrected chi connectivity index (χ4v) is 9.59. The van der Waals surface area contributed by atoms with Crippen LogP contribution in [0.25, 0.3) is 10.4 Å². The van der Waals surface area contributed by atoms with Crippen LogP contribution < -0.4 is 25.2 Å². The lowest BCUT2D eigenvalue weighted by atomic mass is 9.77. The number of aliphatic hydroxyl groups is 1. The third-order valence-electron chi connectivity index (χ3n) is 12.1. The van der Waals surface area contributed by atoms with Gasteiger partial charge in [0.05, 0.1) is 63.6 Å². The standard InChI is InChI=1S/C50H57F3N6O7S2/c1-31-45(68-30-56-31)33-13-11-32(12-14-33)28-55-47(64)40-26-37(60)25-39(40)44(63)46(49(2,3)4)57-42(61)10-6-9-22-65-21-7-5-8-23-66-38-19-17-35(18-20-38)58-29-43(62)59(48(58)67)36-16-15-34(27-54)41(24-36)50(51,52)53/h11-20,24,30,37,39-40,46,60H,5-10,21-23,25-26,28-29H2,1-4H3,(H,55,64)(H,57,61)/t37-,39?,40+,46+/m0/s1. The van der Waals surface area contributed by atoms with Crippen LogP contribution >= 0.6 is 23.6 Å². The number of unbranched alkanes of at least 4 members (excludes halogenated alkanes) is 3. The molecule has 13 nitrogen and oxygen atoms in total. The molecule has 4 aromatic rings. The molecule has 0 bridgehead atoms. The lowest BCUT2D eigenvalue weighted by molar-refractivity contribution is -0.137. The lowest BCUT2D eigenvalue weighted by Gasteiger charge is -2.33. The number of aliphatic hydroxyl groups excluding tert-OH is 1. The number of alkyl halides is 3. The average molecular weight is 975 g/mol. The van der Waals surface area contributed by atoms with Gasteiger partial charge in [0, 0.05) is 37.8 Å². The molecule has 1 saturated carbocycles. The summed E-state index contributed by atoms with van der Waals surface area (Å²) in [6.45, 7) is 9.21. The monoisotopic (exact) mass is 974 g/mol. The Labute approximate surface area is 404 Å². The number of carbonyl (C=O) groups is 4. The highest BCUT2D eigenvalue weighted by Gasteiger charge is 2.47. The van der Waals surface area contributed by atoms with Crippen molar-refractivity contribution in [3.05, 3.63) is 94.6 Å². The summed E-state index contributed by atoms with van der Waals surface area (Å²) in [7, 11) is 0. The van der Waals surface area contributed by atoms with Gasteiger partial charge in [-0.15, -0.1) is 11.3 Å². The normalized spacial score (nSPS) is 17.8. The number of aryl methyl sites for hydroxylation is 1. The highest BCUT2D eigenvalue weighted by Crippen LogP contribution is 2.38. The average Bonchev–Trinajstić information content (AvgIpc) is 4.01. The van der Waals surface area contributed by atoms with Crippen LogP contribution in [0.2, 0.25) is 0 Å². The molecule has 3 N–H and O–H groups in total. The Kier molecular flexibility index (Phi) is 17.5. The zero-order valence-corrected chi connectivity index (χ0v) is 40.2. The maximum Gasteiger partial charge on any atom is 0.417 e. The van der Waals surface area contributed by atoms with E-state index < -0.39 is 52.6 Å². The lowest BCUT2D eigenvalue weighted by Crippen LogP contribution is -2.52. The Bertz CT molecular complexity index is 2470. The molecule has 68 heavy (non-hydrogen) atoms. The van der Waals surface area contributed by atoms with E-state index in [0.29, 0.717) is 44.1 Å². The number of Topliss-reactive ketones (excluding diaryl/α,β-unsaturated/α-hetero) is 1. The zero-order chi connectivity index (χ0) is 49.2. The van der Waals surface area contributed by atoms with Crippen molar-refractivity contribution in [2.45, 2.75) is 104 Å². The molecule has 2 aliphatic rings. The minimum atomic E-state index is -4.78. The van der Waals surface area contributed by atoms with Crippen molar-refractivity contribution >= 4 is 63.5 Å². The van der Waals surface area contributed by atoms with E-state index in [4.69, 9.17) is 27.0 Å². The molecule has 1 unspecified atom stereocenters. The number of ether oxygens (including phenoxy) is 2. The SMILES string of the molecule is Cc1ncsc1-c1ccc(CNC(=O)[C@@H]2C[C@@H](O)CC2C(=O)[C@@H](NC(=O)CCCCOCCCCCOc2ccc(N3CC(=O)N(c4ccc(C#N)c(C(F)(F)F)c4)C3=S)cc2)C(C)(C)C)cc1. The second-order valence-electron chi connectivity index (χ2n) is 18.2. The van der Waals surface area contributed by atoms with Crippen molar-refractivity contribution in [2.75, 3.05) is 36.2 Å². The van der Waals surface area contributed by atoms with Gasteiger partial charge in [-0.1, -0.05) is 45.0 Å². The van der Waals surface area contributed by atoms with Gasteiger partial charge < -0.3 is 30.1 Å². The van der Waals surface area contributed by atoms with Gasteiger partial charge in [-0.05, 0) is 123 Å².